The minimum atomic E-state index is 0.164. The first-order valence-corrected chi connectivity index (χ1v) is 5.68. The summed E-state index contributed by atoms with van der Waals surface area (Å²) >= 11 is 6.09. The number of anilines is 1. The average molecular weight is 237 g/mol. The first kappa shape index (κ1) is 12.9. The number of rotatable bonds is 2. The van der Waals surface area contributed by atoms with Crippen LogP contribution in [-0.2, 0) is 0 Å². The summed E-state index contributed by atoms with van der Waals surface area (Å²) in [6, 6.07) is 7.67. The molecule has 0 bridgehead atoms. The molecular formula is C13H17ClN2. The van der Waals surface area contributed by atoms with Crippen LogP contribution in [0.15, 0.2) is 18.2 Å². The van der Waals surface area contributed by atoms with Gasteiger partial charge in [-0.1, -0.05) is 32.4 Å². The lowest BCUT2D eigenvalue weighted by Gasteiger charge is -2.29. The Morgan fingerprint density at radius 1 is 1.38 bits per heavy atom. The van der Waals surface area contributed by atoms with Crippen LogP contribution in [0.5, 0.6) is 0 Å². The van der Waals surface area contributed by atoms with E-state index in [4.69, 9.17) is 16.9 Å². The smallest absolute Gasteiger partial charge is 0.0992 e. The number of nitrogens with zero attached hydrogens (tertiary/aromatic N) is 1. The molecule has 0 radical (unpaired) electrons. The van der Waals surface area contributed by atoms with Crippen LogP contribution in [0.25, 0.3) is 0 Å². The summed E-state index contributed by atoms with van der Waals surface area (Å²) in [6.45, 7) is 8.63. The molecule has 0 spiro atoms. The molecule has 0 aliphatic carbocycles. The molecule has 2 nitrogen and oxygen atoms in total. The molecule has 1 aromatic carbocycles. The van der Waals surface area contributed by atoms with Crippen LogP contribution >= 0.6 is 11.6 Å². The zero-order chi connectivity index (χ0) is 12.3. The van der Waals surface area contributed by atoms with E-state index in [-0.39, 0.29) is 5.41 Å². The Hall–Kier alpha value is -1.20. The summed E-state index contributed by atoms with van der Waals surface area (Å²) < 4.78 is 0. The molecule has 1 aromatic rings. The zero-order valence-corrected chi connectivity index (χ0v) is 10.9. The van der Waals surface area contributed by atoms with Crippen molar-refractivity contribution in [2.24, 2.45) is 5.41 Å². The van der Waals surface area contributed by atoms with Gasteiger partial charge < -0.3 is 5.32 Å². The van der Waals surface area contributed by atoms with Crippen molar-refractivity contribution in [1.82, 2.24) is 0 Å². The molecule has 0 aliphatic heterocycles. The lowest BCUT2D eigenvalue weighted by Crippen LogP contribution is -2.30. The second-order valence-electron chi connectivity index (χ2n) is 5.04. The summed E-state index contributed by atoms with van der Waals surface area (Å²) in [5, 5.41) is 12.7. The Morgan fingerprint density at radius 2 is 2.00 bits per heavy atom. The highest BCUT2D eigenvalue weighted by Crippen LogP contribution is 2.28. The maximum atomic E-state index is 8.74. The van der Waals surface area contributed by atoms with E-state index >= 15 is 0 Å². The Morgan fingerprint density at radius 3 is 2.44 bits per heavy atom. The molecular weight excluding hydrogens is 220 g/mol. The predicted octanol–water partition coefficient (Wildman–Crippen LogP) is 4.06. The molecule has 0 heterocycles. The SMILES string of the molecule is CC(Nc1ccc(C#N)cc1Cl)C(C)(C)C. The van der Waals surface area contributed by atoms with E-state index in [1.54, 1.807) is 12.1 Å². The molecule has 1 unspecified atom stereocenters. The van der Waals surface area contributed by atoms with E-state index < -0.39 is 0 Å². The first-order chi connectivity index (χ1) is 7.34. The van der Waals surface area contributed by atoms with Crippen molar-refractivity contribution >= 4 is 17.3 Å². The summed E-state index contributed by atoms with van der Waals surface area (Å²) in [4.78, 5) is 0. The van der Waals surface area contributed by atoms with Gasteiger partial charge in [0.25, 0.3) is 0 Å². The Kier molecular flexibility index (Phi) is 3.83. The normalized spacial score (nSPS) is 13.0. The zero-order valence-electron chi connectivity index (χ0n) is 10.1. The largest absolute Gasteiger partial charge is 0.381 e. The highest BCUT2D eigenvalue weighted by Gasteiger charge is 2.20. The van der Waals surface area contributed by atoms with Crippen molar-refractivity contribution in [2.45, 2.75) is 33.7 Å². The summed E-state index contributed by atoms with van der Waals surface area (Å²) in [7, 11) is 0. The Bertz CT molecular complexity index is 413. The number of nitrogens with one attached hydrogen (secondary N) is 1. The van der Waals surface area contributed by atoms with E-state index in [2.05, 4.69) is 39.1 Å². The second-order valence-corrected chi connectivity index (χ2v) is 5.45. The fourth-order valence-corrected chi connectivity index (χ4v) is 1.39. The van der Waals surface area contributed by atoms with Gasteiger partial charge in [0, 0.05) is 6.04 Å². The Labute approximate surface area is 102 Å². The average Bonchev–Trinajstić information content (AvgIpc) is 2.19. The number of benzene rings is 1. The van der Waals surface area contributed by atoms with Crippen molar-refractivity contribution in [2.75, 3.05) is 5.32 Å². The van der Waals surface area contributed by atoms with Gasteiger partial charge in [0.2, 0.25) is 0 Å². The number of nitriles is 1. The molecule has 0 fully saturated rings. The van der Waals surface area contributed by atoms with Gasteiger partial charge >= 0.3 is 0 Å². The van der Waals surface area contributed by atoms with Crippen molar-refractivity contribution in [1.29, 1.82) is 5.26 Å². The fourth-order valence-electron chi connectivity index (χ4n) is 1.15. The lowest BCUT2D eigenvalue weighted by atomic mass is 9.88. The molecule has 0 saturated carbocycles. The molecule has 86 valence electrons. The monoisotopic (exact) mass is 236 g/mol. The van der Waals surface area contributed by atoms with E-state index in [1.165, 1.54) is 0 Å². The third-order valence-electron chi connectivity index (χ3n) is 2.77. The molecule has 0 aliphatic rings. The summed E-state index contributed by atoms with van der Waals surface area (Å²) in [6.07, 6.45) is 0. The summed E-state index contributed by atoms with van der Waals surface area (Å²) in [5.74, 6) is 0. The number of hydrogen-bond donors (Lipinski definition) is 1. The number of halogens is 1. The van der Waals surface area contributed by atoms with E-state index in [0.717, 1.165) is 5.69 Å². The van der Waals surface area contributed by atoms with Gasteiger partial charge in [-0.2, -0.15) is 5.26 Å². The highest BCUT2D eigenvalue weighted by atomic mass is 35.5. The molecule has 3 heteroatoms. The van der Waals surface area contributed by atoms with Gasteiger partial charge in [0.05, 0.1) is 22.3 Å². The van der Waals surface area contributed by atoms with Crippen molar-refractivity contribution in [3.05, 3.63) is 28.8 Å². The third kappa shape index (κ3) is 3.15. The maximum Gasteiger partial charge on any atom is 0.0992 e. The minimum Gasteiger partial charge on any atom is -0.381 e. The van der Waals surface area contributed by atoms with E-state index in [0.29, 0.717) is 16.6 Å². The van der Waals surface area contributed by atoms with Crippen molar-refractivity contribution in [3.8, 4) is 6.07 Å². The Balaban J connectivity index is 2.88. The standard InChI is InChI=1S/C13H17ClN2/c1-9(13(2,3)4)16-12-6-5-10(8-15)7-11(12)14/h5-7,9,16H,1-4H3. The molecule has 16 heavy (non-hydrogen) atoms. The third-order valence-corrected chi connectivity index (χ3v) is 3.08. The van der Waals surface area contributed by atoms with Gasteiger partial charge in [-0.15, -0.1) is 0 Å². The van der Waals surface area contributed by atoms with Crippen molar-refractivity contribution < 1.29 is 0 Å². The summed E-state index contributed by atoms with van der Waals surface area (Å²) in [5.41, 5.74) is 1.62. The lowest BCUT2D eigenvalue weighted by molar-refractivity contribution is 0.359. The van der Waals surface area contributed by atoms with Crippen molar-refractivity contribution in [3.63, 3.8) is 0 Å². The van der Waals surface area contributed by atoms with Crippen LogP contribution < -0.4 is 5.32 Å². The van der Waals surface area contributed by atoms with Gasteiger partial charge in [-0.25, -0.2) is 0 Å². The maximum absolute atomic E-state index is 8.74. The predicted molar refractivity (Wildman–Crippen MR) is 68.7 cm³/mol. The van der Waals surface area contributed by atoms with Gasteiger partial charge in [-0.3, -0.25) is 0 Å². The van der Waals surface area contributed by atoms with Crippen LogP contribution in [0.2, 0.25) is 5.02 Å². The molecule has 0 saturated heterocycles. The second kappa shape index (κ2) is 4.76. The van der Waals surface area contributed by atoms with Crippen LogP contribution in [0.3, 0.4) is 0 Å². The van der Waals surface area contributed by atoms with Crippen LogP contribution in [0, 0.1) is 16.7 Å². The molecule has 1 atom stereocenters. The van der Waals surface area contributed by atoms with Crippen LogP contribution in [0.1, 0.15) is 33.3 Å². The van der Waals surface area contributed by atoms with E-state index in [9.17, 15) is 0 Å². The van der Waals surface area contributed by atoms with Crippen LogP contribution in [-0.4, -0.2) is 6.04 Å². The van der Waals surface area contributed by atoms with Crippen LogP contribution in [0.4, 0.5) is 5.69 Å². The van der Waals surface area contributed by atoms with Gasteiger partial charge in [0.1, 0.15) is 0 Å². The molecule has 1 rings (SSSR count). The minimum absolute atomic E-state index is 0.164. The first-order valence-electron chi connectivity index (χ1n) is 5.31. The topological polar surface area (TPSA) is 35.8 Å². The molecule has 0 aromatic heterocycles. The van der Waals surface area contributed by atoms with Gasteiger partial charge in [0.15, 0.2) is 0 Å². The molecule has 0 amide bonds. The van der Waals surface area contributed by atoms with E-state index in [1.807, 2.05) is 6.07 Å². The fraction of sp³-hybridized carbons (Fsp3) is 0.462. The number of hydrogen-bond acceptors (Lipinski definition) is 2. The highest BCUT2D eigenvalue weighted by molar-refractivity contribution is 6.33. The molecule has 1 N–H and O–H groups in total. The van der Waals surface area contributed by atoms with Gasteiger partial charge in [-0.05, 0) is 30.5 Å². The quantitative estimate of drug-likeness (QED) is 0.841.